The lowest BCUT2D eigenvalue weighted by molar-refractivity contribution is -0.182. The van der Waals surface area contributed by atoms with E-state index in [1.54, 1.807) is 6.92 Å². The molecule has 10 nitrogen and oxygen atoms in total. The molecule has 0 unspecified atom stereocenters. The molecular weight excluding hydrogens is 501 g/mol. The summed E-state index contributed by atoms with van der Waals surface area (Å²) in [5.41, 5.74) is 6.27. The van der Waals surface area contributed by atoms with Gasteiger partial charge in [-0.15, -0.1) is 0 Å². The van der Waals surface area contributed by atoms with E-state index in [0.717, 1.165) is 44.3 Å². The molecule has 0 spiro atoms. The lowest BCUT2D eigenvalue weighted by Gasteiger charge is -2.39. The number of rotatable bonds is 12. The van der Waals surface area contributed by atoms with Gasteiger partial charge in [0.1, 0.15) is 12.4 Å². The van der Waals surface area contributed by atoms with Crippen LogP contribution in [-0.4, -0.2) is 71.5 Å². The number of hydrazine groups is 1. The van der Waals surface area contributed by atoms with Crippen LogP contribution in [0.15, 0.2) is 30.3 Å². The van der Waals surface area contributed by atoms with Gasteiger partial charge in [-0.2, -0.15) is 4.39 Å². The Hall–Kier alpha value is -3.31. The van der Waals surface area contributed by atoms with Crippen LogP contribution in [0.3, 0.4) is 0 Å². The van der Waals surface area contributed by atoms with Crippen LogP contribution in [-0.2, 0) is 21.0 Å². The molecule has 1 aromatic heterocycles. The van der Waals surface area contributed by atoms with E-state index in [1.807, 2.05) is 49.2 Å². The number of nitrogens with one attached hydrogen (secondary N) is 2. The molecular formula is C28H40FN7O3. The topological polar surface area (TPSA) is 103 Å². The van der Waals surface area contributed by atoms with Gasteiger partial charge in [0.25, 0.3) is 0 Å². The van der Waals surface area contributed by atoms with E-state index in [1.165, 1.54) is 5.06 Å². The smallest absolute Gasteiger partial charge is 0.243 e. The first-order valence-corrected chi connectivity index (χ1v) is 13.8. The molecule has 2 aliphatic rings. The number of amides is 2. The van der Waals surface area contributed by atoms with Crippen LogP contribution in [0.25, 0.3) is 0 Å². The summed E-state index contributed by atoms with van der Waals surface area (Å²) in [5, 5.41) is 1.18. The highest BCUT2D eigenvalue weighted by atomic mass is 19.1. The van der Waals surface area contributed by atoms with Gasteiger partial charge in [-0.05, 0) is 38.8 Å². The Morgan fingerprint density at radius 2 is 1.97 bits per heavy atom. The maximum absolute atomic E-state index is 15.5. The van der Waals surface area contributed by atoms with Gasteiger partial charge in [0, 0.05) is 25.7 Å². The minimum atomic E-state index is -0.606. The van der Waals surface area contributed by atoms with E-state index < -0.39 is 11.7 Å². The molecule has 1 aliphatic heterocycles. The van der Waals surface area contributed by atoms with Crippen molar-refractivity contribution in [2.75, 3.05) is 43.6 Å². The zero-order chi connectivity index (χ0) is 27.8. The van der Waals surface area contributed by atoms with Crippen LogP contribution in [0.5, 0.6) is 0 Å². The number of hydrogen-bond acceptors (Lipinski definition) is 8. The van der Waals surface area contributed by atoms with Crippen molar-refractivity contribution in [2.45, 2.75) is 58.6 Å². The van der Waals surface area contributed by atoms with E-state index in [0.29, 0.717) is 31.1 Å². The maximum Gasteiger partial charge on any atom is 0.243 e. The minimum absolute atomic E-state index is 0.0795. The average Bonchev–Trinajstić information content (AvgIpc) is 3.44. The molecule has 0 bridgehead atoms. The van der Waals surface area contributed by atoms with Gasteiger partial charge in [0.15, 0.2) is 11.6 Å². The predicted octanol–water partition coefficient (Wildman–Crippen LogP) is 3.29. The second-order valence-corrected chi connectivity index (χ2v) is 10.7. The third kappa shape index (κ3) is 7.86. The highest BCUT2D eigenvalue weighted by Gasteiger charge is 2.30. The molecule has 2 atom stereocenters. The van der Waals surface area contributed by atoms with Crippen molar-refractivity contribution >= 4 is 24.0 Å². The van der Waals surface area contributed by atoms with E-state index >= 15 is 4.39 Å². The summed E-state index contributed by atoms with van der Waals surface area (Å²) in [4.78, 5) is 43.5. The van der Waals surface area contributed by atoms with Crippen molar-refractivity contribution in [1.29, 1.82) is 0 Å². The number of nitrogens with zero attached hydrogens (tertiary/aromatic N) is 5. The van der Waals surface area contributed by atoms with Crippen LogP contribution >= 0.6 is 0 Å². The second kappa shape index (κ2) is 13.7. The van der Waals surface area contributed by atoms with Gasteiger partial charge in [0.05, 0.1) is 12.5 Å². The van der Waals surface area contributed by atoms with Gasteiger partial charge in [-0.1, -0.05) is 56.0 Å². The van der Waals surface area contributed by atoms with Crippen molar-refractivity contribution in [3.8, 4) is 0 Å². The summed E-state index contributed by atoms with van der Waals surface area (Å²) in [7, 11) is 2.04. The summed E-state index contributed by atoms with van der Waals surface area (Å²) in [6.07, 6.45) is 5.59. The van der Waals surface area contributed by atoms with Crippen molar-refractivity contribution in [1.82, 2.24) is 25.4 Å². The molecule has 2 fully saturated rings. The molecule has 2 aromatic rings. The summed E-state index contributed by atoms with van der Waals surface area (Å²) in [6.45, 7) is 6.29. The van der Waals surface area contributed by atoms with Gasteiger partial charge in [0.2, 0.25) is 18.1 Å². The number of piperazine rings is 1. The predicted molar refractivity (Wildman–Crippen MR) is 147 cm³/mol. The molecule has 2 heterocycles. The summed E-state index contributed by atoms with van der Waals surface area (Å²) in [5.74, 6) is -0.546. The Balaban J connectivity index is 1.43. The number of hydrogen-bond donors (Lipinski definition) is 2. The molecule has 2 N–H and O–H groups in total. The number of aromatic nitrogens is 2. The first-order valence-electron chi connectivity index (χ1n) is 13.8. The van der Waals surface area contributed by atoms with Crippen LogP contribution < -0.4 is 15.8 Å². The fraction of sp³-hybridized carbons (Fsp3) is 0.571. The quantitative estimate of drug-likeness (QED) is 0.312. The minimum Gasteiger partial charge on any atom is -0.349 e. The fourth-order valence-electron chi connectivity index (χ4n) is 5.48. The van der Waals surface area contributed by atoms with Crippen molar-refractivity contribution in [3.05, 3.63) is 47.5 Å². The van der Waals surface area contributed by atoms with Crippen molar-refractivity contribution in [2.24, 2.45) is 11.8 Å². The Morgan fingerprint density at radius 1 is 1.23 bits per heavy atom. The van der Waals surface area contributed by atoms with E-state index in [-0.39, 0.29) is 36.7 Å². The standard InChI is InChI=1S/C28H40FN7O3/c1-20-16-34(3)13-14-36(20)27-25(29)26(30-21(2)31-27)32-33-28(38)24(15-22-9-7-8-10-22)17-35(19-37)39-18-23-11-5-4-6-12-23/h4-6,11-12,19-20,22,24H,7-10,13-18H2,1-3H3,(H,33,38)(H,30,31,32)/t20-,24+/m1/s1. The van der Waals surface area contributed by atoms with E-state index in [2.05, 4.69) is 25.7 Å². The lowest BCUT2D eigenvalue weighted by Crippen LogP contribution is -2.51. The molecule has 1 aliphatic carbocycles. The highest BCUT2D eigenvalue weighted by Crippen LogP contribution is 2.31. The first kappa shape index (κ1) is 28.7. The van der Waals surface area contributed by atoms with Crippen LogP contribution in [0.1, 0.15) is 50.4 Å². The third-order valence-electron chi connectivity index (χ3n) is 7.57. The molecule has 2 amide bonds. The molecule has 0 radical (unpaired) electrons. The van der Waals surface area contributed by atoms with E-state index in [4.69, 9.17) is 4.84 Å². The van der Waals surface area contributed by atoms with Crippen LogP contribution in [0.2, 0.25) is 0 Å². The maximum atomic E-state index is 15.5. The van der Waals surface area contributed by atoms with Crippen LogP contribution in [0.4, 0.5) is 16.0 Å². The molecule has 212 valence electrons. The lowest BCUT2D eigenvalue weighted by atomic mass is 9.92. The number of carbonyl (C=O) groups is 2. The highest BCUT2D eigenvalue weighted by molar-refractivity contribution is 5.80. The Labute approximate surface area is 229 Å². The third-order valence-corrected chi connectivity index (χ3v) is 7.57. The first-order chi connectivity index (χ1) is 18.8. The summed E-state index contributed by atoms with van der Waals surface area (Å²) >= 11 is 0. The number of carbonyl (C=O) groups excluding carboxylic acids is 2. The SMILES string of the molecule is Cc1nc(NNC(=O)[C@@H](CC2CCCC2)CN(C=O)OCc2ccccc2)c(F)c(N2CCN(C)C[C@H]2C)n1. The van der Waals surface area contributed by atoms with Gasteiger partial charge >= 0.3 is 0 Å². The number of aryl methyl sites for hydroxylation is 1. The largest absolute Gasteiger partial charge is 0.349 e. The Bertz CT molecular complexity index is 1100. The Morgan fingerprint density at radius 3 is 2.67 bits per heavy atom. The number of halogens is 1. The van der Waals surface area contributed by atoms with Gasteiger partial charge in [-0.3, -0.25) is 25.3 Å². The monoisotopic (exact) mass is 541 g/mol. The zero-order valence-electron chi connectivity index (χ0n) is 23.1. The van der Waals surface area contributed by atoms with E-state index in [9.17, 15) is 9.59 Å². The number of hydroxylamine groups is 2. The molecule has 1 saturated heterocycles. The van der Waals surface area contributed by atoms with Crippen LogP contribution in [0, 0.1) is 24.6 Å². The van der Waals surface area contributed by atoms with Crippen molar-refractivity contribution < 1.29 is 18.8 Å². The molecule has 39 heavy (non-hydrogen) atoms. The number of anilines is 2. The number of likely N-dealkylation sites (N-methyl/N-ethyl adjacent to an activating group) is 1. The molecule has 11 heteroatoms. The number of benzene rings is 1. The summed E-state index contributed by atoms with van der Waals surface area (Å²) in [6, 6.07) is 9.60. The fourth-order valence-corrected chi connectivity index (χ4v) is 5.48. The molecule has 1 aromatic carbocycles. The molecule has 1 saturated carbocycles. The van der Waals surface area contributed by atoms with Gasteiger partial charge in [-0.25, -0.2) is 15.0 Å². The average molecular weight is 542 g/mol. The zero-order valence-corrected chi connectivity index (χ0v) is 23.1. The normalized spacial score (nSPS) is 19.1. The van der Waals surface area contributed by atoms with Gasteiger partial charge < -0.3 is 9.80 Å². The Kier molecular flexibility index (Phi) is 10.0. The molecule has 4 rings (SSSR count). The second-order valence-electron chi connectivity index (χ2n) is 10.7. The van der Waals surface area contributed by atoms with Crippen molar-refractivity contribution in [3.63, 3.8) is 0 Å². The summed E-state index contributed by atoms with van der Waals surface area (Å²) < 4.78 is 15.5.